The highest BCUT2D eigenvalue weighted by atomic mass is 32.1. The fourth-order valence-corrected chi connectivity index (χ4v) is 3.86. The number of hydrogen-bond acceptors (Lipinski definition) is 5. The van der Waals surface area contributed by atoms with E-state index in [2.05, 4.69) is 20.6 Å². The van der Waals surface area contributed by atoms with Gasteiger partial charge in [0.15, 0.2) is 0 Å². The Labute approximate surface area is 166 Å². The molecule has 1 aromatic carbocycles. The minimum atomic E-state index is -0.345. The maximum absolute atomic E-state index is 12.8. The average molecular weight is 392 g/mol. The lowest BCUT2D eigenvalue weighted by Crippen LogP contribution is -2.38. The van der Waals surface area contributed by atoms with Crippen molar-refractivity contribution in [1.82, 2.24) is 15.3 Å². The van der Waals surface area contributed by atoms with Gasteiger partial charge in [-0.2, -0.15) is 0 Å². The van der Waals surface area contributed by atoms with E-state index in [4.69, 9.17) is 0 Å². The molecule has 0 radical (unpaired) electrons. The highest BCUT2D eigenvalue weighted by molar-refractivity contribution is 7.12. The lowest BCUT2D eigenvalue weighted by Gasteiger charge is -2.17. The summed E-state index contributed by atoms with van der Waals surface area (Å²) < 4.78 is 0. The Hall–Kier alpha value is -3.16. The van der Waals surface area contributed by atoms with Gasteiger partial charge in [-0.3, -0.25) is 4.79 Å². The third-order valence-electron chi connectivity index (χ3n) is 4.48. The van der Waals surface area contributed by atoms with Gasteiger partial charge in [0.05, 0.1) is 24.0 Å². The number of benzene rings is 1. The fourth-order valence-electron chi connectivity index (χ4n) is 3.11. The molecule has 4 aromatic rings. The molecule has 0 spiro atoms. The third-order valence-corrected chi connectivity index (χ3v) is 5.39. The molecule has 28 heavy (non-hydrogen) atoms. The number of amides is 1. The molecule has 1 amide bonds. The van der Waals surface area contributed by atoms with Crippen molar-refractivity contribution in [2.75, 3.05) is 11.9 Å². The van der Waals surface area contributed by atoms with Crippen LogP contribution in [0.2, 0.25) is 0 Å². The molecule has 142 valence electrons. The number of aliphatic hydroxyl groups excluding tert-OH is 1. The topological polar surface area (TPSA) is 90.0 Å². The monoisotopic (exact) mass is 392 g/mol. The summed E-state index contributed by atoms with van der Waals surface area (Å²) in [5.74, 6) is -0.202. The van der Waals surface area contributed by atoms with Crippen LogP contribution in [0.1, 0.15) is 15.2 Å². The van der Waals surface area contributed by atoms with Crippen LogP contribution in [-0.2, 0) is 6.42 Å². The second-order valence-electron chi connectivity index (χ2n) is 6.43. The summed E-state index contributed by atoms with van der Waals surface area (Å²) in [6.07, 6.45) is 4.12. The van der Waals surface area contributed by atoms with Crippen LogP contribution in [0.15, 0.2) is 66.3 Å². The van der Waals surface area contributed by atoms with Crippen molar-refractivity contribution in [1.29, 1.82) is 0 Å². The van der Waals surface area contributed by atoms with E-state index >= 15 is 0 Å². The predicted octanol–water partition coefficient (Wildman–Crippen LogP) is 3.70. The lowest BCUT2D eigenvalue weighted by atomic mass is 10.1. The van der Waals surface area contributed by atoms with E-state index in [0.29, 0.717) is 11.3 Å². The molecule has 0 saturated heterocycles. The van der Waals surface area contributed by atoms with Gasteiger partial charge in [-0.05, 0) is 35.6 Å². The van der Waals surface area contributed by atoms with Crippen LogP contribution in [0.25, 0.3) is 11.0 Å². The summed E-state index contributed by atoms with van der Waals surface area (Å²) in [5.41, 5.74) is 3.46. The molecule has 3 aromatic heterocycles. The highest BCUT2D eigenvalue weighted by Gasteiger charge is 2.18. The van der Waals surface area contributed by atoms with Gasteiger partial charge in [-0.25, -0.2) is 4.98 Å². The molecular weight excluding hydrogens is 372 g/mol. The second kappa shape index (κ2) is 8.24. The van der Waals surface area contributed by atoms with Crippen molar-refractivity contribution in [3.8, 4) is 0 Å². The number of H-pyrrole nitrogens is 1. The van der Waals surface area contributed by atoms with E-state index in [1.54, 1.807) is 6.20 Å². The van der Waals surface area contributed by atoms with Crippen LogP contribution in [-0.4, -0.2) is 33.6 Å². The third kappa shape index (κ3) is 3.90. The second-order valence-corrected chi connectivity index (χ2v) is 7.35. The first-order chi connectivity index (χ1) is 13.7. The van der Waals surface area contributed by atoms with E-state index in [9.17, 15) is 9.90 Å². The van der Waals surface area contributed by atoms with Gasteiger partial charge in [0.2, 0.25) is 0 Å². The summed E-state index contributed by atoms with van der Waals surface area (Å²) >= 11 is 1.36. The zero-order valence-corrected chi connectivity index (χ0v) is 15.9. The van der Waals surface area contributed by atoms with Crippen LogP contribution in [0.4, 0.5) is 11.4 Å². The smallest absolute Gasteiger partial charge is 0.263 e. The summed E-state index contributed by atoms with van der Waals surface area (Å²) in [5, 5.41) is 18.8. The molecule has 0 aliphatic rings. The SMILES string of the molecule is O=C(NC(CO)Cc1ccccc1)c1sccc1Nc1ccnc2[nH]ccc12. The standard InChI is InChI=1S/C21H20N4O2S/c26-13-15(12-14-4-2-1-3-5-14)24-21(27)19-18(8-11-28-19)25-17-7-10-23-20-16(17)6-9-22-20/h1-11,15,26H,12-13H2,(H,24,27)(H2,22,23,25). The minimum absolute atomic E-state index is 0.122. The first kappa shape index (κ1) is 18.2. The van der Waals surface area contributed by atoms with Crippen LogP contribution in [0.3, 0.4) is 0 Å². The number of carbonyl (C=O) groups excluding carboxylic acids is 1. The fraction of sp³-hybridized carbons (Fsp3) is 0.143. The molecule has 0 bridgehead atoms. The first-order valence-corrected chi connectivity index (χ1v) is 9.85. The molecule has 1 atom stereocenters. The van der Waals surface area contributed by atoms with E-state index in [-0.39, 0.29) is 18.6 Å². The number of aromatic amines is 1. The Morgan fingerprint density at radius 2 is 2.00 bits per heavy atom. The van der Waals surface area contributed by atoms with Gasteiger partial charge < -0.3 is 20.7 Å². The Morgan fingerprint density at radius 1 is 1.14 bits per heavy atom. The molecule has 0 fully saturated rings. The first-order valence-electron chi connectivity index (χ1n) is 8.97. The van der Waals surface area contributed by atoms with E-state index < -0.39 is 0 Å². The Balaban J connectivity index is 1.50. The number of anilines is 2. The van der Waals surface area contributed by atoms with Gasteiger partial charge in [-0.1, -0.05) is 30.3 Å². The van der Waals surface area contributed by atoms with Gasteiger partial charge >= 0.3 is 0 Å². The lowest BCUT2D eigenvalue weighted by molar-refractivity contribution is 0.0921. The molecule has 0 aliphatic heterocycles. The summed E-state index contributed by atoms with van der Waals surface area (Å²) in [6.45, 7) is -0.122. The largest absolute Gasteiger partial charge is 0.394 e. The normalized spacial score (nSPS) is 12.0. The Morgan fingerprint density at radius 3 is 2.82 bits per heavy atom. The number of carbonyl (C=O) groups is 1. The van der Waals surface area contributed by atoms with Gasteiger partial charge in [0, 0.05) is 17.8 Å². The number of rotatable bonds is 7. The molecule has 7 heteroatoms. The summed E-state index contributed by atoms with van der Waals surface area (Å²) in [6, 6.07) is 15.2. The Bertz CT molecular complexity index is 1070. The van der Waals surface area contributed by atoms with Crippen molar-refractivity contribution in [2.45, 2.75) is 12.5 Å². The van der Waals surface area contributed by atoms with Crippen molar-refractivity contribution in [3.63, 3.8) is 0 Å². The zero-order chi connectivity index (χ0) is 19.3. The van der Waals surface area contributed by atoms with Crippen LogP contribution >= 0.6 is 11.3 Å². The molecule has 1 unspecified atom stereocenters. The zero-order valence-electron chi connectivity index (χ0n) is 15.1. The van der Waals surface area contributed by atoms with E-state index in [1.807, 2.05) is 60.1 Å². The average Bonchev–Trinajstić information content (AvgIpc) is 3.38. The number of pyridine rings is 1. The highest BCUT2D eigenvalue weighted by Crippen LogP contribution is 2.29. The number of nitrogens with zero attached hydrogens (tertiary/aromatic N) is 1. The van der Waals surface area contributed by atoms with Crippen molar-refractivity contribution >= 4 is 39.7 Å². The van der Waals surface area contributed by atoms with Crippen LogP contribution in [0.5, 0.6) is 0 Å². The maximum atomic E-state index is 12.8. The van der Waals surface area contributed by atoms with E-state index in [1.165, 1.54) is 11.3 Å². The van der Waals surface area contributed by atoms with Gasteiger partial charge in [0.1, 0.15) is 10.5 Å². The summed E-state index contributed by atoms with van der Waals surface area (Å²) in [7, 11) is 0. The molecule has 0 aliphatic carbocycles. The number of fused-ring (bicyclic) bond motifs is 1. The molecule has 4 N–H and O–H groups in total. The van der Waals surface area contributed by atoms with Crippen molar-refractivity contribution in [2.24, 2.45) is 0 Å². The molecule has 0 saturated carbocycles. The van der Waals surface area contributed by atoms with Gasteiger partial charge in [-0.15, -0.1) is 11.3 Å². The molecule has 4 rings (SSSR count). The number of nitrogens with one attached hydrogen (secondary N) is 3. The van der Waals surface area contributed by atoms with Crippen LogP contribution in [0, 0.1) is 0 Å². The Kier molecular flexibility index (Phi) is 5.36. The summed E-state index contributed by atoms with van der Waals surface area (Å²) in [4.78, 5) is 20.8. The predicted molar refractivity (Wildman–Crippen MR) is 112 cm³/mol. The van der Waals surface area contributed by atoms with Crippen LogP contribution < -0.4 is 10.6 Å². The van der Waals surface area contributed by atoms with E-state index in [0.717, 1.165) is 28.0 Å². The van der Waals surface area contributed by atoms with Crippen molar-refractivity contribution < 1.29 is 9.90 Å². The number of thiophene rings is 1. The maximum Gasteiger partial charge on any atom is 0.263 e. The number of aromatic nitrogens is 2. The van der Waals surface area contributed by atoms with Crippen molar-refractivity contribution in [3.05, 3.63) is 76.7 Å². The minimum Gasteiger partial charge on any atom is -0.394 e. The quantitative estimate of drug-likeness (QED) is 0.386. The van der Waals surface area contributed by atoms with Gasteiger partial charge in [0.25, 0.3) is 5.91 Å². The number of aliphatic hydroxyl groups is 1. The molecule has 3 heterocycles. The number of hydrogen-bond donors (Lipinski definition) is 4. The molecule has 6 nitrogen and oxygen atoms in total. The molecular formula is C21H20N4O2S.